The van der Waals surface area contributed by atoms with Crippen LogP contribution in [-0.2, 0) is 4.74 Å². The lowest BCUT2D eigenvalue weighted by Gasteiger charge is -2.05. The molecule has 0 aliphatic carbocycles. The first-order valence-corrected chi connectivity index (χ1v) is 5.02. The highest BCUT2D eigenvalue weighted by Gasteiger charge is 2.20. The second kappa shape index (κ2) is 4.25. The molecule has 0 atom stereocenters. The lowest BCUT2D eigenvalue weighted by atomic mass is 10.2. The van der Waals surface area contributed by atoms with Crippen LogP contribution < -0.4 is 5.56 Å². The number of fused-ring (bicyclic) bond motifs is 1. The van der Waals surface area contributed by atoms with Gasteiger partial charge in [-0.25, -0.2) is 9.78 Å². The van der Waals surface area contributed by atoms with Crippen molar-refractivity contribution in [2.24, 2.45) is 0 Å². The molecule has 0 aromatic carbocycles. The largest absolute Gasteiger partial charge is 0.506 e. The Bertz CT molecular complexity index is 633. The summed E-state index contributed by atoms with van der Waals surface area (Å²) in [5, 5.41) is 10.2. The number of esters is 1. The van der Waals surface area contributed by atoms with Crippen LogP contribution in [0.2, 0.25) is 0 Å². The van der Waals surface area contributed by atoms with Crippen molar-refractivity contribution in [1.29, 1.82) is 0 Å². The monoisotopic (exact) mass is 234 g/mol. The molecule has 6 heteroatoms. The summed E-state index contributed by atoms with van der Waals surface area (Å²) in [7, 11) is 0. The zero-order valence-electron chi connectivity index (χ0n) is 9.06. The van der Waals surface area contributed by atoms with Crippen molar-refractivity contribution in [2.45, 2.75) is 6.92 Å². The minimum atomic E-state index is -0.850. The van der Waals surface area contributed by atoms with Crippen LogP contribution in [0.3, 0.4) is 0 Å². The summed E-state index contributed by atoms with van der Waals surface area (Å²) in [4.78, 5) is 29.4. The maximum absolute atomic E-state index is 11.6. The average Bonchev–Trinajstić information content (AvgIpc) is 2.29. The van der Waals surface area contributed by atoms with Gasteiger partial charge in [0.25, 0.3) is 5.56 Å². The molecule has 2 aromatic rings. The first kappa shape index (κ1) is 11.1. The number of hydrogen-bond acceptors (Lipinski definition) is 5. The maximum Gasteiger partial charge on any atom is 0.347 e. The number of H-pyrrole nitrogens is 1. The summed E-state index contributed by atoms with van der Waals surface area (Å²) in [5.41, 5.74) is -0.887. The van der Waals surface area contributed by atoms with Gasteiger partial charge in [-0.1, -0.05) is 0 Å². The number of nitrogens with one attached hydrogen (secondary N) is 1. The molecule has 0 spiro atoms. The molecule has 0 unspecified atom stereocenters. The Kier molecular flexibility index (Phi) is 2.78. The number of aromatic nitrogens is 2. The Balaban J connectivity index is 2.72. The first-order chi connectivity index (χ1) is 8.15. The molecule has 0 bridgehead atoms. The predicted octanol–water partition coefficient (Wildman–Crippen LogP) is 0.805. The Labute approximate surface area is 95.9 Å². The normalized spacial score (nSPS) is 10.4. The minimum absolute atomic E-state index is 0.128. The van der Waals surface area contributed by atoms with Crippen LogP contribution in [-0.4, -0.2) is 27.7 Å². The van der Waals surface area contributed by atoms with Crippen LogP contribution in [0.4, 0.5) is 0 Å². The summed E-state index contributed by atoms with van der Waals surface area (Å²) in [6, 6.07) is 3.14. The van der Waals surface area contributed by atoms with Gasteiger partial charge in [0, 0.05) is 6.20 Å². The number of carbonyl (C=O) groups excluding carboxylic acids is 1. The molecule has 0 aliphatic heterocycles. The molecular weight excluding hydrogens is 224 g/mol. The molecule has 0 aliphatic rings. The van der Waals surface area contributed by atoms with E-state index >= 15 is 0 Å². The zero-order valence-corrected chi connectivity index (χ0v) is 9.06. The molecule has 0 saturated carbocycles. The molecule has 2 aromatic heterocycles. The smallest absolute Gasteiger partial charge is 0.347 e. The average molecular weight is 234 g/mol. The third kappa shape index (κ3) is 1.84. The number of ether oxygens (including phenoxy) is 1. The van der Waals surface area contributed by atoms with Crippen molar-refractivity contribution in [3.05, 3.63) is 34.2 Å². The summed E-state index contributed by atoms with van der Waals surface area (Å²) in [6.45, 7) is 1.74. The molecule has 6 nitrogen and oxygen atoms in total. The summed E-state index contributed by atoms with van der Waals surface area (Å²) in [5.74, 6) is -1.26. The fourth-order valence-corrected chi connectivity index (χ4v) is 1.50. The van der Waals surface area contributed by atoms with E-state index in [-0.39, 0.29) is 12.3 Å². The molecule has 2 heterocycles. The van der Waals surface area contributed by atoms with Crippen LogP contribution in [0.1, 0.15) is 17.3 Å². The highest BCUT2D eigenvalue weighted by atomic mass is 16.5. The maximum atomic E-state index is 11.6. The lowest BCUT2D eigenvalue weighted by Crippen LogP contribution is -2.20. The topological polar surface area (TPSA) is 92.3 Å². The van der Waals surface area contributed by atoms with Crippen LogP contribution in [0.5, 0.6) is 5.75 Å². The SMILES string of the molecule is CCOC(=O)c1c(O)c2cccnc2[nH]c1=O. The Hall–Kier alpha value is -2.37. The van der Waals surface area contributed by atoms with Gasteiger partial charge in [-0.2, -0.15) is 0 Å². The quantitative estimate of drug-likeness (QED) is 0.750. The molecule has 88 valence electrons. The van der Waals surface area contributed by atoms with E-state index in [1.807, 2.05) is 0 Å². The lowest BCUT2D eigenvalue weighted by molar-refractivity contribution is 0.0521. The van der Waals surface area contributed by atoms with Gasteiger partial charge in [0.15, 0.2) is 5.56 Å². The van der Waals surface area contributed by atoms with E-state index in [1.54, 1.807) is 19.1 Å². The summed E-state index contributed by atoms with van der Waals surface area (Å²) >= 11 is 0. The Morgan fingerprint density at radius 1 is 1.59 bits per heavy atom. The number of hydrogen-bond donors (Lipinski definition) is 2. The number of aromatic hydroxyl groups is 1. The van der Waals surface area contributed by atoms with Crippen molar-refractivity contribution in [2.75, 3.05) is 6.61 Å². The molecule has 2 rings (SSSR count). The summed E-state index contributed by atoms with van der Waals surface area (Å²) in [6.07, 6.45) is 1.47. The van der Waals surface area contributed by atoms with Crippen molar-refractivity contribution < 1.29 is 14.6 Å². The second-order valence-electron chi connectivity index (χ2n) is 3.30. The highest BCUT2D eigenvalue weighted by molar-refractivity contribution is 5.98. The van der Waals surface area contributed by atoms with E-state index in [4.69, 9.17) is 4.74 Å². The third-order valence-corrected chi connectivity index (χ3v) is 2.24. The molecule has 17 heavy (non-hydrogen) atoms. The second-order valence-corrected chi connectivity index (χ2v) is 3.30. The van der Waals surface area contributed by atoms with Gasteiger partial charge in [0.1, 0.15) is 11.4 Å². The Morgan fingerprint density at radius 2 is 2.35 bits per heavy atom. The van der Waals surface area contributed by atoms with Gasteiger partial charge in [0.2, 0.25) is 0 Å². The van der Waals surface area contributed by atoms with Gasteiger partial charge >= 0.3 is 5.97 Å². The van der Waals surface area contributed by atoms with E-state index in [9.17, 15) is 14.7 Å². The van der Waals surface area contributed by atoms with Gasteiger partial charge in [-0.05, 0) is 19.1 Å². The van der Waals surface area contributed by atoms with Gasteiger partial charge in [-0.3, -0.25) is 4.79 Å². The molecule has 0 fully saturated rings. The molecule has 0 amide bonds. The predicted molar refractivity (Wildman–Crippen MR) is 60.0 cm³/mol. The summed E-state index contributed by atoms with van der Waals surface area (Å²) < 4.78 is 4.70. The fraction of sp³-hybridized carbons (Fsp3) is 0.182. The Morgan fingerprint density at radius 3 is 3.06 bits per heavy atom. The third-order valence-electron chi connectivity index (χ3n) is 2.24. The minimum Gasteiger partial charge on any atom is -0.506 e. The van der Waals surface area contributed by atoms with Gasteiger partial charge < -0.3 is 14.8 Å². The van der Waals surface area contributed by atoms with E-state index in [0.717, 1.165) is 0 Å². The van der Waals surface area contributed by atoms with Crippen molar-refractivity contribution in [3.63, 3.8) is 0 Å². The van der Waals surface area contributed by atoms with Crippen molar-refractivity contribution >= 4 is 17.0 Å². The van der Waals surface area contributed by atoms with Crippen LogP contribution in [0.25, 0.3) is 11.0 Å². The van der Waals surface area contributed by atoms with Crippen LogP contribution in [0.15, 0.2) is 23.1 Å². The number of rotatable bonds is 2. The first-order valence-electron chi connectivity index (χ1n) is 5.02. The van der Waals surface area contributed by atoms with Crippen molar-refractivity contribution in [3.8, 4) is 5.75 Å². The number of aromatic amines is 1. The van der Waals surface area contributed by atoms with Crippen LogP contribution >= 0.6 is 0 Å². The number of carbonyl (C=O) groups is 1. The highest BCUT2D eigenvalue weighted by Crippen LogP contribution is 2.23. The molecular formula is C11H10N2O4. The molecule has 0 saturated heterocycles. The van der Waals surface area contributed by atoms with E-state index in [2.05, 4.69) is 9.97 Å². The van der Waals surface area contributed by atoms with E-state index < -0.39 is 22.8 Å². The molecule has 0 radical (unpaired) electrons. The van der Waals surface area contributed by atoms with Gasteiger partial charge in [-0.15, -0.1) is 0 Å². The van der Waals surface area contributed by atoms with E-state index in [1.165, 1.54) is 6.20 Å². The van der Waals surface area contributed by atoms with E-state index in [0.29, 0.717) is 5.39 Å². The standard InChI is InChI=1S/C11H10N2O4/c1-2-17-11(16)7-8(14)6-4-3-5-12-9(6)13-10(7)15/h3-5H,2H2,1H3,(H2,12,13,14,15). The van der Waals surface area contributed by atoms with Gasteiger partial charge in [0.05, 0.1) is 12.0 Å². The van der Waals surface area contributed by atoms with Crippen molar-refractivity contribution in [1.82, 2.24) is 9.97 Å². The van der Waals surface area contributed by atoms with Crippen LogP contribution in [0, 0.1) is 0 Å². The fourth-order valence-electron chi connectivity index (χ4n) is 1.50. The number of pyridine rings is 2. The number of nitrogens with zero attached hydrogens (tertiary/aromatic N) is 1. The zero-order chi connectivity index (χ0) is 12.4. The molecule has 2 N–H and O–H groups in total.